The van der Waals surface area contributed by atoms with E-state index in [9.17, 15) is 10.1 Å². The zero-order valence-electron chi connectivity index (χ0n) is 22.6. The Labute approximate surface area is 237 Å². The molecule has 9 nitrogen and oxygen atoms in total. The molecule has 1 N–H and O–H groups in total. The van der Waals surface area contributed by atoms with Crippen LogP contribution >= 0.6 is 0 Å². The minimum Gasteiger partial charge on any atom is -0.381 e. The minimum atomic E-state index is -0.276. The molecule has 1 spiro atoms. The topological polar surface area (TPSA) is 108 Å². The predicted molar refractivity (Wildman–Crippen MR) is 155 cm³/mol. The number of nitrogens with one attached hydrogen (secondary N) is 1. The second-order valence-corrected chi connectivity index (χ2v) is 11.5. The minimum absolute atomic E-state index is 0.140. The first kappa shape index (κ1) is 24.4. The molecule has 1 aliphatic carbocycles. The number of amides is 1. The summed E-state index contributed by atoms with van der Waals surface area (Å²) < 4.78 is 7.67. The molecule has 3 aromatic heterocycles. The molecule has 8 rings (SSSR count). The summed E-state index contributed by atoms with van der Waals surface area (Å²) in [5, 5.41) is 12.7. The quantitative estimate of drug-likeness (QED) is 0.378. The van der Waals surface area contributed by atoms with E-state index in [1.807, 2.05) is 22.7 Å². The van der Waals surface area contributed by atoms with Gasteiger partial charge in [0, 0.05) is 42.2 Å². The molecule has 41 heavy (non-hydrogen) atoms. The SMILES string of the molecule is N#Cc1ccn2c(-c3ccc(Nc4ccc5c(n4)C(N4CCCC4)CC54CCOCC4)c4c3C=NC4=O)cnc2c1. The average molecular weight is 544 g/mol. The summed E-state index contributed by atoms with van der Waals surface area (Å²) in [7, 11) is 0. The Morgan fingerprint density at radius 3 is 2.78 bits per heavy atom. The number of aromatic nitrogens is 3. The number of nitriles is 1. The van der Waals surface area contributed by atoms with Crippen LogP contribution in [0.5, 0.6) is 0 Å². The van der Waals surface area contributed by atoms with Gasteiger partial charge in [0.2, 0.25) is 0 Å². The first-order chi connectivity index (χ1) is 20.1. The Kier molecular flexibility index (Phi) is 5.56. The molecule has 1 aromatic carbocycles. The van der Waals surface area contributed by atoms with Gasteiger partial charge in [0.15, 0.2) is 0 Å². The van der Waals surface area contributed by atoms with Gasteiger partial charge in [-0.15, -0.1) is 0 Å². The lowest BCUT2D eigenvalue weighted by Gasteiger charge is -2.35. The highest BCUT2D eigenvalue weighted by atomic mass is 16.5. The normalized spacial score (nSPS) is 21.0. The summed E-state index contributed by atoms with van der Waals surface area (Å²) >= 11 is 0. The zero-order chi connectivity index (χ0) is 27.6. The third-order valence-corrected chi connectivity index (χ3v) is 9.38. The third-order valence-electron chi connectivity index (χ3n) is 9.38. The van der Waals surface area contributed by atoms with Crippen molar-refractivity contribution >= 4 is 29.3 Å². The first-order valence-electron chi connectivity index (χ1n) is 14.4. The van der Waals surface area contributed by atoms with Crippen molar-refractivity contribution in [3.63, 3.8) is 0 Å². The number of likely N-dealkylation sites (tertiary alicyclic amines) is 1. The standard InChI is InChI=1S/C32H29N7O2/c33-17-20-7-12-39-26(19-34-28(39)15-20)21-3-5-24(29-22(21)18-35-31(29)40)36-27-6-4-23-30(37-27)25(38-10-1-2-11-38)16-32(23)8-13-41-14-9-32/h3-7,12,15,18-19,25H,1-2,8-11,13-14,16H2,(H,36,37). The Morgan fingerprint density at radius 1 is 1.10 bits per heavy atom. The molecular weight excluding hydrogens is 514 g/mol. The van der Waals surface area contributed by atoms with E-state index in [0.717, 1.165) is 68.2 Å². The second kappa shape index (κ2) is 9.33. The average Bonchev–Trinajstić information content (AvgIpc) is 3.80. The number of carbonyl (C=O) groups is 1. The van der Waals surface area contributed by atoms with Crippen molar-refractivity contribution in [2.75, 3.05) is 31.6 Å². The van der Waals surface area contributed by atoms with E-state index in [1.165, 1.54) is 24.1 Å². The highest BCUT2D eigenvalue weighted by molar-refractivity contribution is 6.19. The fourth-order valence-electron chi connectivity index (χ4n) is 7.30. The van der Waals surface area contributed by atoms with Crippen molar-refractivity contribution in [2.45, 2.75) is 43.6 Å². The number of hydrogen-bond acceptors (Lipinski definition) is 7. The molecule has 2 fully saturated rings. The molecule has 2 saturated heterocycles. The number of fused-ring (bicyclic) bond motifs is 4. The summed E-state index contributed by atoms with van der Waals surface area (Å²) in [4.78, 5) is 29.5. The number of anilines is 2. The van der Waals surface area contributed by atoms with Gasteiger partial charge in [-0.25, -0.2) is 15.0 Å². The molecule has 1 unspecified atom stereocenters. The van der Waals surface area contributed by atoms with Crippen LogP contribution in [0.2, 0.25) is 0 Å². The number of imidazole rings is 1. The van der Waals surface area contributed by atoms with Gasteiger partial charge in [0.05, 0.1) is 46.5 Å². The van der Waals surface area contributed by atoms with Gasteiger partial charge in [-0.2, -0.15) is 5.26 Å². The number of aliphatic imine (C=N–C) groups is 1. The summed E-state index contributed by atoms with van der Waals surface area (Å²) in [5.74, 6) is 0.466. The molecule has 9 heteroatoms. The number of nitrogens with zero attached hydrogens (tertiary/aromatic N) is 6. The van der Waals surface area contributed by atoms with E-state index in [2.05, 4.69) is 38.4 Å². The van der Waals surface area contributed by atoms with Gasteiger partial charge >= 0.3 is 0 Å². The van der Waals surface area contributed by atoms with Crippen LogP contribution < -0.4 is 5.32 Å². The zero-order valence-corrected chi connectivity index (χ0v) is 22.6. The number of pyridine rings is 2. The van der Waals surface area contributed by atoms with E-state index in [0.29, 0.717) is 28.5 Å². The van der Waals surface area contributed by atoms with E-state index in [4.69, 9.17) is 9.72 Å². The molecule has 1 atom stereocenters. The van der Waals surface area contributed by atoms with Crippen LogP contribution in [0.15, 0.2) is 53.8 Å². The van der Waals surface area contributed by atoms with Crippen LogP contribution in [-0.2, 0) is 10.2 Å². The fourth-order valence-corrected chi connectivity index (χ4v) is 7.30. The Balaban J connectivity index is 1.17. The Hall–Kier alpha value is -4.39. The van der Waals surface area contributed by atoms with Gasteiger partial charge in [0.1, 0.15) is 11.5 Å². The maximum absolute atomic E-state index is 13.0. The summed E-state index contributed by atoms with van der Waals surface area (Å²) in [5.41, 5.74) is 7.58. The van der Waals surface area contributed by atoms with E-state index >= 15 is 0 Å². The first-order valence-corrected chi connectivity index (χ1v) is 14.4. The van der Waals surface area contributed by atoms with Crippen molar-refractivity contribution < 1.29 is 9.53 Å². The molecule has 4 aliphatic rings. The maximum atomic E-state index is 13.0. The predicted octanol–water partition coefficient (Wildman–Crippen LogP) is 5.17. The molecule has 6 heterocycles. The summed E-state index contributed by atoms with van der Waals surface area (Å²) in [6.07, 6.45) is 10.9. The van der Waals surface area contributed by atoms with Gasteiger partial charge in [-0.05, 0) is 75.0 Å². The van der Waals surface area contributed by atoms with Crippen molar-refractivity contribution in [1.29, 1.82) is 5.26 Å². The molecule has 204 valence electrons. The lowest BCUT2D eigenvalue weighted by atomic mass is 9.75. The van der Waals surface area contributed by atoms with E-state index in [1.54, 1.807) is 24.5 Å². The highest BCUT2D eigenvalue weighted by Crippen LogP contribution is 2.52. The number of carbonyl (C=O) groups excluding carboxylic acids is 1. The molecule has 3 aliphatic heterocycles. The van der Waals surface area contributed by atoms with Gasteiger partial charge < -0.3 is 10.1 Å². The molecular formula is C32H29N7O2. The third kappa shape index (κ3) is 3.82. The molecule has 0 saturated carbocycles. The summed E-state index contributed by atoms with van der Waals surface area (Å²) in [6, 6.07) is 14.2. The monoisotopic (exact) mass is 543 g/mol. The highest BCUT2D eigenvalue weighted by Gasteiger charge is 2.47. The van der Waals surface area contributed by atoms with E-state index in [-0.39, 0.29) is 11.3 Å². The summed E-state index contributed by atoms with van der Waals surface area (Å²) in [6.45, 7) is 3.85. The van der Waals surface area contributed by atoms with Crippen molar-refractivity contribution in [2.24, 2.45) is 4.99 Å². The Bertz CT molecular complexity index is 1790. The number of benzene rings is 1. The van der Waals surface area contributed by atoms with Gasteiger partial charge in [-0.1, -0.05) is 12.1 Å². The molecule has 0 bridgehead atoms. The van der Waals surface area contributed by atoms with Crippen LogP contribution in [0.1, 0.15) is 70.9 Å². The van der Waals surface area contributed by atoms with Crippen LogP contribution in [-0.4, -0.2) is 57.7 Å². The smallest absolute Gasteiger partial charge is 0.279 e. The Morgan fingerprint density at radius 2 is 1.95 bits per heavy atom. The van der Waals surface area contributed by atoms with Crippen LogP contribution in [0.4, 0.5) is 11.5 Å². The number of ether oxygens (including phenoxy) is 1. The van der Waals surface area contributed by atoms with Crippen LogP contribution in [0.3, 0.4) is 0 Å². The largest absolute Gasteiger partial charge is 0.381 e. The molecule has 0 radical (unpaired) electrons. The maximum Gasteiger partial charge on any atom is 0.279 e. The van der Waals surface area contributed by atoms with E-state index < -0.39 is 0 Å². The van der Waals surface area contributed by atoms with Gasteiger partial charge in [-0.3, -0.25) is 14.1 Å². The van der Waals surface area contributed by atoms with Crippen molar-refractivity contribution in [3.8, 4) is 17.3 Å². The lowest BCUT2D eigenvalue weighted by molar-refractivity contribution is 0.0429. The fraction of sp³-hybridized carbons (Fsp3) is 0.344. The van der Waals surface area contributed by atoms with Gasteiger partial charge in [0.25, 0.3) is 5.91 Å². The van der Waals surface area contributed by atoms with Crippen LogP contribution in [0.25, 0.3) is 16.9 Å². The van der Waals surface area contributed by atoms with Crippen molar-refractivity contribution in [1.82, 2.24) is 19.3 Å². The number of hydrogen-bond donors (Lipinski definition) is 1. The van der Waals surface area contributed by atoms with Crippen molar-refractivity contribution in [3.05, 3.63) is 76.7 Å². The molecule has 4 aromatic rings. The second-order valence-electron chi connectivity index (χ2n) is 11.5. The lowest BCUT2D eigenvalue weighted by Crippen LogP contribution is -2.33. The molecule has 1 amide bonds. The number of rotatable bonds is 4. The van der Waals surface area contributed by atoms with Crippen LogP contribution in [0, 0.1) is 11.3 Å².